The first-order valence-electron chi connectivity index (χ1n) is 6.45. The van der Waals surface area contributed by atoms with Gasteiger partial charge in [0.15, 0.2) is 0 Å². The second kappa shape index (κ2) is 5.61. The zero-order valence-corrected chi connectivity index (χ0v) is 10.4. The summed E-state index contributed by atoms with van der Waals surface area (Å²) in [7, 11) is 0. The van der Waals surface area contributed by atoms with Crippen LogP contribution in [0, 0.1) is 5.82 Å². The van der Waals surface area contributed by atoms with E-state index < -0.39 is 0 Å². The van der Waals surface area contributed by atoms with Crippen LogP contribution in [-0.4, -0.2) is 24.0 Å². The molecule has 94 valence electrons. The van der Waals surface area contributed by atoms with Gasteiger partial charge < -0.3 is 5.73 Å². The van der Waals surface area contributed by atoms with E-state index in [0.717, 1.165) is 37.9 Å². The summed E-state index contributed by atoms with van der Waals surface area (Å²) in [6, 6.07) is 7.65. The molecule has 2 N–H and O–H groups in total. The Hall–Kier alpha value is -0.930. The molecule has 0 radical (unpaired) electrons. The zero-order valence-electron chi connectivity index (χ0n) is 10.4. The number of rotatable bonds is 3. The second-order valence-corrected chi connectivity index (χ2v) is 4.85. The van der Waals surface area contributed by atoms with Gasteiger partial charge in [-0.25, -0.2) is 4.39 Å². The average Bonchev–Trinajstić information content (AvgIpc) is 2.33. The number of likely N-dealkylation sites (tertiary alicyclic amines) is 1. The van der Waals surface area contributed by atoms with Crippen molar-refractivity contribution in [1.82, 2.24) is 4.90 Å². The minimum atomic E-state index is -0.144. The molecule has 1 aliphatic rings. The summed E-state index contributed by atoms with van der Waals surface area (Å²) in [6.45, 7) is 4.20. The van der Waals surface area contributed by atoms with Crippen LogP contribution in [0.2, 0.25) is 0 Å². The van der Waals surface area contributed by atoms with Crippen molar-refractivity contribution in [2.45, 2.75) is 38.3 Å². The topological polar surface area (TPSA) is 29.3 Å². The van der Waals surface area contributed by atoms with Crippen molar-refractivity contribution >= 4 is 0 Å². The Balaban J connectivity index is 2.10. The fourth-order valence-electron chi connectivity index (χ4n) is 2.65. The summed E-state index contributed by atoms with van der Waals surface area (Å²) >= 11 is 0. The summed E-state index contributed by atoms with van der Waals surface area (Å²) in [6.07, 6.45) is 3.11. The van der Waals surface area contributed by atoms with Gasteiger partial charge in [-0.15, -0.1) is 0 Å². The maximum Gasteiger partial charge on any atom is 0.123 e. The van der Waals surface area contributed by atoms with E-state index in [2.05, 4.69) is 11.8 Å². The van der Waals surface area contributed by atoms with Crippen LogP contribution in [0.15, 0.2) is 24.3 Å². The van der Waals surface area contributed by atoms with E-state index in [9.17, 15) is 4.39 Å². The monoisotopic (exact) mass is 236 g/mol. The molecule has 0 spiro atoms. The Morgan fingerprint density at radius 1 is 1.41 bits per heavy atom. The lowest BCUT2D eigenvalue weighted by Gasteiger charge is -2.36. The number of piperidine rings is 1. The molecule has 1 aromatic carbocycles. The lowest BCUT2D eigenvalue weighted by molar-refractivity contribution is 0.149. The molecule has 0 bridgehead atoms. The molecule has 1 fully saturated rings. The number of hydrogen-bond donors (Lipinski definition) is 1. The number of halogens is 1. The third-order valence-corrected chi connectivity index (χ3v) is 3.64. The smallest absolute Gasteiger partial charge is 0.123 e. The van der Waals surface area contributed by atoms with E-state index in [4.69, 9.17) is 5.73 Å². The van der Waals surface area contributed by atoms with Crippen LogP contribution in [0.5, 0.6) is 0 Å². The highest BCUT2D eigenvalue weighted by Gasteiger charge is 2.23. The van der Waals surface area contributed by atoms with Crippen molar-refractivity contribution in [1.29, 1.82) is 0 Å². The van der Waals surface area contributed by atoms with Crippen molar-refractivity contribution in [2.24, 2.45) is 5.73 Å². The molecule has 0 amide bonds. The van der Waals surface area contributed by atoms with Crippen LogP contribution >= 0.6 is 0 Å². The largest absolute Gasteiger partial charge is 0.328 e. The van der Waals surface area contributed by atoms with Crippen molar-refractivity contribution in [3.63, 3.8) is 0 Å². The van der Waals surface area contributed by atoms with Crippen LogP contribution in [0.4, 0.5) is 4.39 Å². The van der Waals surface area contributed by atoms with Gasteiger partial charge in [0.2, 0.25) is 0 Å². The quantitative estimate of drug-likeness (QED) is 0.874. The molecule has 2 nitrogen and oxygen atoms in total. The lowest BCUT2D eigenvalue weighted by atomic mass is 9.98. The van der Waals surface area contributed by atoms with Gasteiger partial charge in [-0.2, -0.15) is 0 Å². The minimum Gasteiger partial charge on any atom is -0.328 e. The normalized spacial score (nSPS) is 20.4. The molecular weight excluding hydrogens is 215 g/mol. The van der Waals surface area contributed by atoms with Crippen LogP contribution in [0.1, 0.15) is 37.8 Å². The third-order valence-electron chi connectivity index (χ3n) is 3.64. The minimum absolute atomic E-state index is 0.144. The van der Waals surface area contributed by atoms with Gasteiger partial charge in [-0.3, -0.25) is 4.90 Å². The van der Waals surface area contributed by atoms with E-state index in [-0.39, 0.29) is 5.82 Å². The number of benzene rings is 1. The van der Waals surface area contributed by atoms with Crippen molar-refractivity contribution in [3.8, 4) is 0 Å². The van der Waals surface area contributed by atoms with Crippen LogP contribution in [0.25, 0.3) is 0 Å². The standard InChI is InChI=1S/C14H21FN2/c1-2-14(11-4-3-5-12(15)10-11)17-8-6-13(16)7-9-17/h3-5,10,13-14H,2,6-9,16H2,1H3. The van der Waals surface area contributed by atoms with Crippen LogP contribution in [0.3, 0.4) is 0 Å². The van der Waals surface area contributed by atoms with E-state index >= 15 is 0 Å². The van der Waals surface area contributed by atoms with Gasteiger partial charge in [-0.1, -0.05) is 19.1 Å². The first-order chi connectivity index (χ1) is 8.20. The molecule has 1 aliphatic heterocycles. The maximum absolute atomic E-state index is 13.3. The molecule has 1 atom stereocenters. The number of hydrogen-bond acceptors (Lipinski definition) is 2. The predicted octanol–water partition coefficient (Wildman–Crippen LogP) is 2.70. The molecule has 1 heterocycles. The molecule has 3 heteroatoms. The summed E-state index contributed by atoms with van der Waals surface area (Å²) in [5, 5.41) is 0. The molecule has 1 saturated heterocycles. The van der Waals surface area contributed by atoms with Gasteiger partial charge in [0, 0.05) is 25.2 Å². The summed E-state index contributed by atoms with van der Waals surface area (Å²) in [4.78, 5) is 2.43. The molecule has 0 saturated carbocycles. The van der Waals surface area contributed by atoms with Crippen molar-refractivity contribution < 1.29 is 4.39 Å². The highest BCUT2D eigenvalue weighted by atomic mass is 19.1. The van der Waals surface area contributed by atoms with Crippen molar-refractivity contribution in [3.05, 3.63) is 35.6 Å². The van der Waals surface area contributed by atoms with E-state index in [1.807, 2.05) is 6.07 Å². The van der Waals surface area contributed by atoms with Gasteiger partial charge in [0.05, 0.1) is 0 Å². The Morgan fingerprint density at radius 3 is 2.71 bits per heavy atom. The summed E-state index contributed by atoms with van der Waals surface area (Å²) in [5.74, 6) is -0.144. The van der Waals surface area contributed by atoms with Gasteiger partial charge in [0.1, 0.15) is 5.82 Å². The first kappa shape index (κ1) is 12.5. The van der Waals surface area contributed by atoms with E-state index in [1.165, 1.54) is 6.07 Å². The summed E-state index contributed by atoms with van der Waals surface area (Å²) < 4.78 is 13.3. The third kappa shape index (κ3) is 3.05. The maximum atomic E-state index is 13.3. The Labute approximate surface area is 103 Å². The Morgan fingerprint density at radius 2 is 2.12 bits per heavy atom. The number of nitrogens with zero attached hydrogens (tertiary/aromatic N) is 1. The fraction of sp³-hybridized carbons (Fsp3) is 0.571. The molecular formula is C14H21FN2. The number of nitrogens with two attached hydrogens (primary N) is 1. The molecule has 0 aromatic heterocycles. The van der Waals surface area contributed by atoms with E-state index in [1.54, 1.807) is 12.1 Å². The second-order valence-electron chi connectivity index (χ2n) is 4.85. The van der Waals surface area contributed by atoms with Gasteiger partial charge >= 0.3 is 0 Å². The fourth-order valence-corrected chi connectivity index (χ4v) is 2.65. The van der Waals surface area contributed by atoms with Crippen LogP contribution in [-0.2, 0) is 0 Å². The summed E-state index contributed by atoms with van der Waals surface area (Å²) in [5.41, 5.74) is 7.00. The molecule has 1 aromatic rings. The molecule has 1 unspecified atom stereocenters. The van der Waals surface area contributed by atoms with E-state index in [0.29, 0.717) is 12.1 Å². The Kier molecular flexibility index (Phi) is 4.13. The van der Waals surface area contributed by atoms with Crippen LogP contribution < -0.4 is 5.73 Å². The van der Waals surface area contributed by atoms with Gasteiger partial charge in [0.25, 0.3) is 0 Å². The average molecular weight is 236 g/mol. The lowest BCUT2D eigenvalue weighted by Crippen LogP contribution is -2.41. The molecule has 17 heavy (non-hydrogen) atoms. The highest BCUT2D eigenvalue weighted by Crippen LogP contribution is 2.27. The zero-order chi connectivity index (χ0) is 12.3. The SMILES string of the molecule is CCC(c1cccc(F)c1)N1CCC(N)CC1. The molecule has 0 aliphatic carbocycles. The Bertz CT molecular complexity index is 359. The van der Waals surface area contributed by atoms with Gasteiger partial charge in [-0.05, 0) is 37.0 Å². The molecule has 2 rings (SSSR count). The highest BCUT2D eigenvalue weighted by molar-refractivity contribution is 5.20. The first-order valence-corrected chi connectivity index (χ1v) is 6.45. The van der Waals surface area contributed by atoms with Crippen molar-refractivity contribution in [2.75, 3.05) is 13.1 Å². The predicted molar refractivity (Wildman–Crippen MR) is 68.2 cm³/mol.